The molecule has 0 aromatic heterocycles. The van der Waals surface area contributed by atoms with E-state index in [1.54, 1.807) is 12.1 Å². The van der Waals surface area contributed by atoms with Crippen LogP contribution in [0.2, 0.25) is 0 Å². The number of halogens is 2. The van der Waals surface area contributed by atoms with Crippen molar-refractivity contribution < 1.29 is 4.92 Å². The van der Waals surface area contributed by atoms with Gasteiger partial charge in [0.05, 0.1) is 9.40 Å². The van der Waals surface area contributed by atoms with Crippen molar-refractivity contribution in [1.29, 1.82) is 0 Å². The Morgan fingerprint density at radius 2 is 2.15 bits per heavy atom. The molecule has 0 aliphatic carbocycles. The molecule has 0 saturated carbocycles. The van der Waals surface area contributed by atoms with Gasteiger partial charge in [0.15, 0.2) is 0 Å². The van der Waals surface area contributed by atoms with Gasteiger partial charge in [-0.2, -0.15) is 0 Å². The largest absolute Gasteiger partial charge is 0.283 e. The van der Waals surface area contributed by atoms with E-state index in [0.717, 1.165) is 11.1 Å². The monoisotopic (exact) mass is 307 g/mol. The lowest BCUT2D eigenvalue weighted by atomic mass is 10.1. The lowest BCUT2D eigenvalue weighted by Gasteiger charge is -2.02. The van der Waals surface area contributed by atoms with E-state index in [2.05, 4.69) is 31.9 Å². The topological polar surface area (TPSA) is 43.1 Å². The average Bonchev–Trinajstić information content (AvgIpc) is 2.03. The van der Waals surface area contributed by atoms with Crippen LogP contribution < -0.4 is 0 Å². The number of alkyl halides is 1. The van der Waals surface area contributed by atoms with Crippen molar-refractivity contribution in [3.05, 3.63) is 37.8 Å². The zero-order valence-electron chi connectivity index (χ0n) is 6.88. The van der Waals surface area contributed by atoms with Gasteiger partial charge in [0.25, 0.3) is 5.69 Å². The molecule has 0 amide bonds. The summed E-state index contributed by atoms with van der Waals surface area (Å²) in [6.07, 6.45) is 0. The van der Waals surface area contributed by atoms with Crippen LogP contribution in [0.5, 0.6) is 0 Å². The van der Waals surface area contributed by atoms with Crippen LogP contribution >= 0.6 is 31.9 Å². The Bertz CT molecular complexity index is 352. The highest BCUT2D eigenvalue weighted by atomic mass is 79.9. The molecule has 0 N–H and O–H groups in total. The molecule has 0 aliphatic heterocycles. The SMILES string of the molecule is Cc1cc(Br)c([N+](=O)[O-])cc1CBr. The van der Waals surface area contributed by atoms with E-state index in [0.29, 0.717) is 9.80 Å². The third-order valence-electron chi connectivity index (χ3n) is 1.75. The van der Waals surface area contributed by atoms with Crippen LogP contribution in [0.25, 0.3) is 0 Å². The normalized spacial score (nSPS) is 10.1. The standard InChI is InChI=1S/C8H7Br2NO2/c1-5-2-7(10)8(11(12)13)3-6(5)4-9/h2-3H,4H2,1H3. The first kappa shape index (κ1) is 10.7. The van der Waals surface area contributed by atoms with Crippen LogP contribution in [-0.4, -0.2) is 4.92 Å². The number of hydrogen-bond donors (Lipinski definition) is 0. The minimum absolute atomic E-state index is 0.111. The Labute approximate surface area is 92.5 Å². The third kappa shape index (κ3) is 2.28. The van der Waals surface area contributed by atoms with Crippen molar-refractivity contribution >= 4 is 37.5 Å². The zero-order valence-corrected chi connectivity index (χ0v) is 10.1. The van der Waals surface area contributed by atoms with E-state index < -0.39 is 4.92 Å². The van der Waals surface area contributed by atoms with E-state index in [9.17, 15) is 10.1 Å². The average molecular weight is 309 g/mol. The number of nitro benzene ring substituents is 1. The molecular formula is C8H7Br2NO2. The molecule has 0 atom stereocenters. The maximum Gasteiger partial charge on any atom is 0.283 e. The number of aryl methyl sites for hydroxylation is 1. The fourth-order valence-electron chi connectivity index (χ4n) is 0.988. The molecule has 13 heavy (non-hydrogen) atoms. The van der Waals surface area contributed by atoms with Crippen LogP contribution in [-0.2, 0) is 5.33 Å². The zero-order chi connectivity index (χ0) is 10.0. The molecule has 0 unspecified atom stereocenters. The molecule has 0 bridgehead atoms. The van der Waals surface area contributed by atoms with Crippen LogP contribution in [0.15, 0.2) is 16.6 Å². The van der Waals surface area contributed by atoms with Gasteiger partial charge >= 0.3 is 0 Å². The van der Waals surface area contributed by atoms with Crippen molar-refractivity contribution in [3.63, 3.8) is 0 Å². The molecule has 0 aliphatic rings. The second-order valence-corrected chi connectivity index (χ2v) is 4.04. The lowest BCUT2D eigenvalue weighted by molar-refractivity contribution is -0.385. The molecule has 0 saturated heterocycles. The van der Waals surface area contributed by atoms with Gasteiger partial charge in [-0.1, -0.05) is 15.9 Å². The first-order valence-electron chi connectivity index (χ1n) is 3.55. The van der Waals surface area contributed by atoms with Gasteiger partial charge in [-0.3, -0.25) is 10.1 Å². The van der Waals surface area contributed by atoms with Crippen molar-refractivity contribution in [2.45, 2.75) is 12.3 Å². The predicted molar refractivity (Wildman–Crippen MR) is 58.2 cm³/mol. The Morgan fingerprint density at radius 1 is 1.54 bits per heavy atom. The molecule has 1 aromatic carbocycles. The highest BCUT2D eigenvalue weighted by Crippen LogP contribution is 2.28. The number of hydrogen-bond acceptors (Lipinski definition) is 2. The van der Waals surface area contributed by atoms with Crippen LogP contribution in [0.3, 0.4) is 0 Å². The summed E-state index contributed by atoms with van der Waals surface area (Å²) in [4.78, 5) is 10.2. The first-order valence-corrected chi connectivity index (χ1v) is 5.47. The molecule has 3 nitrogen and oxygen atoms in total. The molecule has 70 valence electrons. The minimum Gasteiger partial charge on any atom is -0.258 e. The summed E-state index contributed by atoms with van der Waals surface area (Å²) >= 11 is 6.43. The van der Waals surface area contributed by atoms with Crippen molar-refractivity contribution in [1.82, 2.24) is 0 Å². The number of nitro groups is 1. The quantitative estimate of drug-likeness (QED) is 0.476. The molecule has 0 spiro atoms. The second kappa shape index (κ2) is 4.19. The minimum atomic E-state index is -0.393. The molecule has 0 radical (unpaired) electrons. The fourth-order valence-corrected chi connectivity index (χ4v) is 2.20. The van der Waals surface area contributed by atoms with E-state index in [1.807, 2.05) is 6.92 Å². The van der Waals surface area contributed by atoms with Gasteiger partial charge in [-0.25, -0.2) is 0 Å². The van der Waals surface area contributed by atoms with Crippen LogP contribution in [0, 0.1) is 17.0 Å². The Morgan fingerprint density at radius 3 is 2.62 bits per heavy atom. The van der Waals surface area contributed by atoms with E-state index in [4.69, 9.17) is 0 Å². The van der Waals surface area contributed by atoms with Gasteiger partial charge in [0, 0.05) is 11.4 Å². The van der Waals surface area contributed by atoms with Crippen molar-refractivity contribution in [3.8, 4) is 0 Å². The highest BCUT2D eigenvalue weighted by Gasteiger charge is 2.13. The van der Waals surface area contributed by atoms with Gasteiger partial charge < -0.3 is 0 Å². The molecule has 0 fully saturated rings. The molecule has 0 heterocycles. The third-order valence-corrected chi connectivity index (χ3v) is 2.99. The molecule has 5 heteroatoms. The fraction of sp³-hybridized carbons (Fsp3) is 0.250. The van der Waals surface area contributed by atoms with Crippen molar-refractivity contribution in [2.75, 3.05) is 0 Å². The molecule has 1 rings (SSSR count). The first-order chi connectivity index (χ1) is 6.06. The summed E-state index contributed by atoms with van der Waals surface area (Å²) in [5, 5.41) is 11.2. The molecule has 1 aromatic rings. The second-order valence-electron chi connectivity index (χ2n) is 2.62. The summed E-state index contributed by atoms with van der Waals surface area (Å²) in [6, 6.07) is 3.34. The maximum absolute atomic E-state index is 10.6. The van der Waals surface area contributed by atoms with Gasteiger partial charge in [0.1, 0.15) is 0 Å². The Kier molecular flexibility index (Phi) is 3.44. The summed E-state index contributed by atoms with van der Waals surface area (Å²) in [5.41, 5.74) is 2.09. The number of benzene rings is 1. The maximum atomic E-state index is 10.6. The van der Waals surface area contributed by atoms with Gasteiger partial charge in [0.2, 0.25) is 0 Å². The number of nitrogens with zero attached hydrogens (tertiary/aromatic N) is 1. The predicted octanol–water partition coefficient (Wildman–Crippen LogP) is 3.56. The highest BCUT2D eigenvalue weighted by molar-refractivity contribution is 9.10. The smallest absolute Gasteiger partial charge is 0.258 e. The molecular weight excluding hydrogens is 302 g/mol. The van der Waals surface area contributed by atoms with Gasteiger partial charge in [-0.15, -0.1) is 0 Å². The summed E-state index contributed by atoms with van der Waals surface area (Å²) < 4.78 is 0.528. The lowest BCUT2D eigenvalue weighted by Crippen LogP contribution is -1.93. The van der Waals surface area contributed by atoms with E-state index in [1.165, 1.54) is 0 Å². The van der Waals surface area contributed by atoms with Crippen LogP contribution in [0.1, 0.15) is 11.1 Å². The summed E-state index contributed by atoms with van der Waals surface area (Å²) in [5.74, 6) is 0. The number of rotatable bonds is 2. The Balaban J connectivity index is 3.30. The van der Waals surface area contributed by atoms with Crippen molar-refractivity contribution in [2.24, 2.45) is 0 Å². The van der Waals surface area contributed by atoms with E-state index >= 15 is 0 Å². The van der Waals surface area contributed by atoms with E-state index in [-0.39, 0.29) is 5.69 Å². The summed E-state index contributed by atoms with van der Waals surface area (Å²) in [6.45, 7) is 1.92. The van der Waals surface area contributed by atoms with Crippen LogP contribution in [0.4, 0.5) is 5.69 Å². The summed E-state index contributed by atoms with van der Waals surface area (Å²) in [7, 11) is 0. The van der Waals surface area contributed by atoms with Gasteiger partial charge in [-0.05, 0) is 40.0 Å². The Hall–Kier alpha value is -0.420.